The quantitative estimate of drug-likeness (QED) is 0.535. The lowest BCUT2D eigenvalue weighted by molar-refractivity contribution is 0.0686. The van der Waals surface area contributed by atoms with Gasteiger partial charge < -0.3 is 14.3 Å². The van der Waals surface area contributed by atoms with Crippen LogP contribution < -0.4 is 0 Å². The van der Waals surface area contributed by atoms with Crippen molar-refractivity contribution in [2.75, 3.05) is 6.54 Å². The van der Waals surface area contributed by atoms with Crippen LogP contribution in [0.25, 0.3) is 10.9 Å². The SMILES string of the molecule is Cc1cccc(C2c3[nH]c4ccccc4c3CCN2C(=O)c2cc(C)oc2C)n1. The predicted octanol–water partition coefficient (Wildman–Crippen LogP) is 4.87. The van der Waals surface area contributed by atoms with Crippen LogP contribution in [0.15, 0.2) is 52.9 Å². The van der Waals surface area contributed by atoms with E-state index in [4.69, 9.17) is 9.40 Å². The molecule has 0 radical (unpaired) electrons. The highest BCUT2D eigenvalue weighted by atomic mass is 16.3. The van der Waals surface area contributed by atoms with E-state index in [1.54, 1.807) is 0 Å². The molecule has 0 bridgehead atoms. The maximum Gasteiger partial charge on any atom is 0.258 e. The van der Waals surface area contributed by atoms with Crippen molar-refractivity contribution in [2.45, 2.75) is 33.2 Å². The molecule has 1 amide bonds. The first-order valence-electron chi connectivity index (χ1n) is 9.94. The number of nitrogens with one attached hydrogen (secondary N) is 1. The van der Waals surface area contributed by atoms with Crippen molar-refractivity contribution in [3.8, 4) is 0 Å². The van der Waals surface area contributed by atoms with Crippen LogP contribution in [0.5, 0.6) is 0 Å². The van der Waals surface area contributed by atoms with E-state index in [-0.39, 0.29) is 11.9 Å². The monoisotopic (exact) mass is 385 g/mol. The molecule has 0 saturated heterocycles. The summed E-state index contributed by atoms with van der Waals surface area (Å²) in [4.78, 5) is 23.8. The zero-order chi connectivity index (χ0) is 20.1. The normalized spacial score (nSPS) is 16.2. The first kappa shape index (κ1) is 17.7. The van der Waals surface area contributed by atoms with Gasteiger partial charge in [0.15, 0.2) is 0 Å². The van der Waals surface area contributed by atoms with E-state index in [1.807, 2.05) is 56.0 Å². The Labute approximate surface area is 169 Å². The molecule has 1 aliphatic heterocycles. The van der Waals surface area contributed by atoms with Crippen molar-refractivity contribution < 1.29 is 9.21 Å². The first-order chi connectivity index (χ1) is 14.0. The molecule has 1 atom stereocenters. The van der Waals surface area contributed by atoms with Gasteiger partial charge in [-0.25, -0.2) is 0 Å². The van der Waals surface area contributed by atoms with Crippen LogP contribution in [0.3, 0.4) is 0 Å². The number of H-pyrrole nitrogens is 1. The maximum atomic E-state index is 13.6. The molecule has 0 saturated carbocycles. The standard InChI is InChI=1S/C24H23N3O2/c1-14-7-6-10-21(25-14)23-22-18(17-8-4-5-9-20(17)26-22)11-12-27(23)24(28)19-13-15(2)29-16(19)3/h4-10,13,23,26H,11-12H2,1-3H3. The summed E-state index contributed by atoms with van der Waals surface area (Å²) < 4.78 is 5.63. The number of para-hydroxylation sites is 1. The number of carbonyl (C=O) groups is 1. The highest BCUT2D eigenvalue weighted by molar-refractivity contribution is 5.96. The summed E-state index contributed by atoms with van der Waals surface area (Å²) in [7, 11) is 0. The molecule has 5 heteroatoms. The summed E-state index contributed by atoms with van der Waals surface area (Å²) in [5.41, 5.74) is 5.87. The van der Waals surface area contributed by atoms with Crippen LogP contribution in [0.1, 0.15) is 50.6 Å². The van der Waals surface area contributed by atoms with Crippen molar-refractivity contribution in [3.05, 3.63) is 88.3 Å². The van der Waals surface area contributed by atoms with E-state index in [2.05, 4.69) is 23.2 Å². The molecule has 5 nitrogen and oxygen atoms in total. The minimum Gasteiger partial charge on any atom is -0.466 e. The fraction of sp³-hybridized carbons (Fsp3) is 0.250. The fourth-order valence-electron chi connectivity index (χ4n) is 4.48. The third-order valence-electron chi connectivity index (χ3n) is 5.76. The molecule has 5 rings (SSSR count). The van der Waals surface area contributed by atoms with Gasteiger partial charge in [-0.3, -0.25) is 9.78 Å². The van der Waals surface area contributed by atoms with Gasteiger partial charge in [0.25, 0.3) is 5.91 Å². The second kappa shape index (κ2) is 6.62. The zero-order valence-electron chi connectivity index (χ0n) is 16.8. The number of benzene rings is 1. The summed E-state index contributed by atoms with van der Waals surface area (Å²) in [6.07, 6.45) is 0.809. The highest BCUT2D eigenvalue weighted by Crippen LogP contribution is 2.38. The summed E-state index contributed by atoms with van der Waals surface area (Å²) >= 11 is 0. The van der Waals surface area contributed by atoms with E-state index in [9.17, 15) is 4.79 Å². The molecule has 1 aromatic carbocycles. The number of aromatic amines is 1. The molecule has 1 N–H and O–H groups in total. The number of hydrogen-bond acceptors (Lipinski definition) is 3. The number of amides is 1. The Balaban J connectivity index is 1.69. The molecule has 1 unspecified atom stereocenters. The third-order valence-corrected chi connectivity index (χ3v) is 5.76. The van der Waals surface area contributed by atoms with E-state index >= 15 is 0 Å². The number of rotatable bonds is 2. The number of fused-ring (bicyclic) bond motifs is 3. The van der Waals surface area contributed by atoms with Crippen molar-refractivity contribution >= 4 is 16.8 Å². The van der Waals surface area contributed by atoms with Crippen molar-refractivity contribution in [3.63, 3.8) is 0 Å². The molecule has 4 aromatic rings. The Bertz CT molecular complexity index is 1230. The van der Waals surface area contributed by atoms with Gasteiger partial charge in [0.05, 0.1) is 11.3 Å². The van der Waals surface area contributed by atoms with Crippen LogP contribution in [-0.4, -0.2) is 27.3 Å². The van der Waals surface area contributed by atoms with Crippen LogP contribution in [0.2, 0.25) is 0 Å². The maximum absolute atomic E-state index is 13.6. The number of hydrogen-bond donors (Lipinski definition) is 1. The van der Waals surface area contributed by atoms with E-state index in [0.717, 1.165) is 34.8 Å². The average molecular weight is 385 g/mol. The molecule has 3 aromatic heterocycles. The number of carbonyl (C=O) groups excluding carboxylic acids is 1. The zero-order valence-corrected chi connectivity index (χ0v) is 16.8. The molecule has 146 valence electrons. The van der Waals surface area contributed by atoms with Gasteiger partial charge in [-0.15, -0.1) is 0 Å². The van der Waals surface area contributed by atoms with E-state index in [0.29, 0.717) is 17.9 Å². The molecule has 0 aliphatic carbocycles. The minimum absolute atomic E-state index is 0.0167. The lowest BCUT2D eigenvalue weighted by Crippen LogP contribution is -2.41. The lowest BCUT2D eigenvalue weighted by atomic mass is 9.94. The second-order valence-electron chi connectivity index (χ2n) is 7.74. The topological polar surface area (TPSA) is 62.1 Å². The van der Waals surface area contributed by atoms with Crippen molar-refractivity contribution in [1.29, 1.82) is 0 Å². The van der Waals surface area contributed by atoms with Gasteiger partial charge in [0, 0.05) is 28.8 Å². The summed E-state index contributed by atoms with van der Waals surface area (Å²) in [6, 6.07) is 15.9. The Morgan fingerprint density at radius 1 is 1.14 bits per heavy atom. The van der Waals surface area contributed by atoms with Crippen molar-refractivity contribution in [1.82, 2.24) is 14.9 Å². The molecule has 29 heavy (non-hydrogen) atoms. The third kappa shape index (κ3) is 2.85. The minimum atomic E-state index is -0.256. The number of pyridine rings is 1. The van der Waals surface area contributed by atoms with Crippen LogP contribution in [-0.2, 0) is 6.42 Å². The molecular weight excluding hydrogens is 362 g/mol. The Kier molecular flexibility index (Phi) is 4.05. The smallest absolute Gasteiger partial charge is 0.258 e. The van der Waals surface area contributed by atoms with Gasteiger partial charge in [0.1, 0.15) is 17.6 Å². The van der Waals surface area contributed by atoms with Crippen LogP contribution in [0, 0.1) is 20.8 Å². The number of furan rings is 1. The molecule has 1 aliphatic rings. The van der Waals surface area contributed by atoms with Crippen LogP contribution >= 0.6 is 0 Å². The number of aryl methyl sites for hydroxylation is 3. The largest absolute Gasteiger partial charge is 0.466 e. The number of aromatic nitrogens is 2. The Morgan fingerprint density at radius 3 is 2.72 bits per heavy atom. The summed E-state index contributed by atoms with van der Waals surface area (Å²) in [5.74, 6) is 1.39. The lowest BCUT2D eigenvalue weighted by Gasteiger charge is -2.35. The molecule has 0 fully saturated rings. The van der Waals surface area contributed by atoms with Gasteiger partial charge in [0.2, 0.25) is 0 Å². The fourth-order valence-corrected chi connectivity index (χ4v) is 4.48. The first-order valence-corrected chi connectivity index (χ1v) is 9.94. The summed E-state index contributed by atoms with van der Waals surface area (Å²) in [6.45, 7) is 6.33. The van der Waals surface area contributed by atoms with Gasteiger partial charge in [-0.2, -0.15) is 0 Å². The molecular formula is C24H23N3O2. The Morgan fingerprint density at radius 2 is 1.97 bits per heavy atom. The van der Waals surface area contributed by atoms with Gasteiger partial charge >= 0.3 is 0 Å². The molecule has 4 heterocycles. The predicted molar refractivity (Wildman–Crippen MR) is 112 cm³/mol. The second-order valence-corrected chi connectivity index (χ2v) is 7.74. The van der Waals surface area contributed by atoms with Crippen molar-refractivity contribution in [2.24, 2.45) is 0 Å². The van der Waals surface area contributed by atoms with Gasteiger partial charge in [-0.1, -0.05) is 24.3 Å². The van der Waals surface area contributed by atoms with E-state index < -0.39 is 0 Å². The summed E-state index contributed by atoms with van der Waals surface area (Å²) in [5, 5.41) is 1.22. The van der Waals surface area contributed by atoms with Crippen LogP contribution in [0.4, 0.5) is 0 Å². The average Bonchev–Trinajstić information content (AvgIpc) is 3.25. The molecule has 0 spiro atoms. The van der Waals surface area contributed by atoms with Gasteiger partial charge in [-0.05, 0) is 57.0 Å². The number of nitrogens with zero attached hydrogens (tertiary/aromatic N) is 2. The highest BCUT2D eigenvalue weighted by Gasteiger charge is 2.36. The Hall–Kier alpha value is -3.34. The van der Waals surface area contributed by atoms with E-state index in [1.165, 1.54) is 10.9 Å².